The van der Waals surface area contributed by atoms with Gasteiger partial charge in [-0.05, 0) is 32.7 Å². The minimum absolute atomic E-state index is 0.0516. The molecule has 0 aromatic carbocycles. The summed E-state index contributed by atoms with van der Waals surface area (Å²) in [6, 6.07) is -0.149. The Morgan fingerprint density at radius 2 is 2.18 bits per heavy atom. The molecule has 0 spiro atoms. The molecule has 0 aromatic rings. The average Bonchev–Trinajstić information content (AvgIpc) is 2.54. The zero-order valence-electron chi connectivity index (χ0n) is 10.2. The molecule has 0 saturated carbocycles. The topological polar surface area (TPSA) is 75.3 Å². The third-order valence-corrected chi connectivity index (χ3v) is 5.46. The van der Waals surface area contributed by atoms with Crippen LogP contribution in [-0.4, -0.2) is 44.0 Å². The lowest BCUT2D eigenvalue weighted by atomic mass is 9.99. The summed E-state index contributed by atoms with van der Waals surface area (Å²) < 4.78 is 22.9. The van der Waals surface area contributed by atoms with Crippen molar-refractivity contribution in [3.63, 3.8) is 0 Å². The normalized spacial score (nSPS) is 36.6. The highest BCUT2D eigenvalue weighted by Gasteiger charge is 2.40. The molecule has 2 aliphatic heterocycles. The number of sulfone groups is 1. The van der Waals surface area contributed by atoms with E-state index in [1.165, 1.54) is 0 Å². The van der Waals surface area contributed by atoms with Crippen molar-refractivity contribution in [1.82, 2.24) is 10.6 Å². The second-order valence-corrected chi connectivity index (χ2v) is 7.58. The van der Waals surface area contributed by atoms with E-state index in [2.05, 4.69) is 10.6 Å². The lowest BCUT2D eigenvalue weighted by Crippen LogP contribution is -2.54. The summed E-state index contributed by atoms with van der Waals surface area (Å²) in [6.45, 7) is 2.69. The van der Waals surface area contributed by atoms with Gasteiger partial charge in [-0.3, -0.25) is 4.79 Å². The van der Waals surface area contributed by atoms with Crippen LogP contribution >= 0.6 is 0 Å². The molecule has 5 nitrogen and oxygen atoms in total. The van der Waals surface area contributed by atoms with Gasteiger partial charge >= 0.3 is 0 Å². The Hall–Kier alpha value is -0.620. The Morgan fingerprint density at radius 1 is 1.41 bits per heavy atom. The number of carbonyl (C=O) groups excluding carboxylic acids is 1. The Labute approximate surface area is 102 Å². The lowest BCUT2D eigenvalue weighted by Gasteiger charge is -2.29. The summed E-state index contributed by atoms with van der Waals surface area (Å²) >= 11 is 0. The molecule has 1 amide bonds. The van der Waals surface area contributed by atoms with E-state index in [1.807, 2.05) is 6.92 Å². The van der Waals surface area contributed by atoms with Gasteiger partial charge in [-0.15, -0.1) is 0 Å². The molecule has 1 unspecified atom stereocenters. The lowest BCUT2D eigenvalue weighted by molar-refractivity contribution is -0.125. The molecule has 0 bridgehead atoms. The van der Waals surface area contributed by atoms with Crippen molar-refractivity contribution in [1.29, 1.82) is 0 Å². The van der Waals surface area contributed by atoms with Crippen LogP contribution in [0.1, 0.15) is 32.6 Å². The smallest absolute Gasteiger partial charge is 0.237 e. The minimum Gasteiger partial charge on any atom is -0.349 e. The molecule has 2 heterocycles. The van der Waals surface area contributed by atoms with Gasteiger partial charge in [0.25, 0.3) is 0 Å². The summed E-state index contributed by atoms with van der Waals surface area (Å²) in [7, 11) is -2.97. The predicted octanol–water partition coefficient (Wildman–Crippen LogP) is -0.178. The highest BCUT2D eigenvalue weighted by atomic mass is 32.2. The minimum atomic E-state index is -2.97. The second-order valence-electron chi connectivity index (χ2n) is 5.39. The van der Waals surface area contributed by atoms with E-state index in [1.54, 1.807) is 0 Å². The molecule has 2 aliphatic rings. The van der Waals surface area contributed by atoms with Gasteiger partial charge < -0.3 is 10.6 Å². The molecule has 2 N–H and O–H groups in total. The summed E-state index contributed by atoms with van der Waals surface area (Å²) in [5, 5.41) is 6.07. The molecule has 0 radical (unpaired) electrons. The van der Waals surface area contributed by atoms with Crippen LogP contribution in [0, 0.1) is 0 Å². The number of amides is 1. The van der Waals surface area contributed by atoms with Gasteiger partial charge in [-0.25, -0.2) is 8.42 Å². The zero-order valence-corrected chi connectivity index (χ0v) is 11.0. The number of hydrogen-bond donors (Lipinski definition) is 2. The summed E-state index contributed by atoms with van der Waals surface area (Å²) in [5.41, 5.74) is -0.574. The maximum atomic E-state index is 12.0. The second kappa shape index (κ2) is 4.57. The third kappa shape index (κ3) is 3.19. The van der Waals surface area contributed by atoms with Gasteiger partial charge in [0.1, 0.15) is 0 Å². The van der Waals surface area contributed by atoms with E-state index in [9.17, 15) is 13.2 Å². The maximum Gasteiger partial charge on any atom is 0.237 e. The van der Waals surface area contributed by atoms with Crippen LogP contribution in [0.4, 0.5) is 0 Å². The SMILES string of the molecule is CC1(NC(=O)[C@@H]2CCCCN2)CCS(=O)(=O)C1. The van der Waals surface area contributed by atoms with Crippen molar-refractivity contribution < 1.29 is 13.2 Å². The van der Waals surface area contributed by atoms with Crippen molar-refractivity contribution >= 4 is 15.7 Å². The summed E-state index contributed by atoms with van der Waals surface area (Å²) in [5.74, 6) is 0.199. The molecule has 98 valence electrons. The van der Waals surface area contributed by atoms with Crippen molar-refractivity contribution in [3.8, 4) is 0 Å². The van der Waals surface area contributed by atoms with Crippen LogP contribution in [0.25, 0.3) is 0 Å². The van der Waals surface area contributed by atoms with Gasteiger partial charge in [0.05, 0.1) is 23.1 Å². The number of carbonyl (C=O) groups is 1. The van der Waals surface area contributed by atoms with Crippen molar-refractivity contribution in [3.05, 3.63) is 0 Å². The fraction of sp³-hybridized carbons (Fsp3) is 0.909. The summed E-state index contributed by atoms with van der Waals surface area (Å²) in [4.78, 5) is 12.0. The first-order valence-electron chi connectivity index (χ1n) is 6.16. The first kappa shape index (κ1) is 12.8. The largest absolute Gasteiger partial charge is 0.349 e. The van der Waals surface area contributed by atoms with E-state index >= 15 is 0 Å². The fourth-order valence-electron chi connectivity index (χ4n) is 2.57. The van der Waals surface area contributed by atoms with Crippen molar-refractivity contribution in [2.24, 2.45) is 0 Å². The highest BCUT2D eigenvalue weighted by molar-refractivity contribution is 7.91. The molecule has 2 fully saturated rings. The molecule has 2 atom stereocenters. The molecule has 2 rings (SSSR count). The zero-order chi connectivity index (χ0) is 12.5. The van der Waals surface area contributed by atoms with E-state index in [-0.39, 0.29) is 23.5 Å². The Morgan fingerprint density at radius 3 is 2.71 bits per heavy atom. The average molecular weight is 260 g/mol. The van der Waals surface area contributed by atoms with Crippen molar-refractivity contribution in [2.75, 3.05) is 18.1 Å². The number of nitrogens with one attached hydrogen (secondary N) is 2. The van der Waals surface area contributed by atoms with E-state index in [0.29, 0.717) is 6.42 Å². The quantitative estimate of drug-likeness (QED) is 0.722. The van der Waals surface area contributed by atoms with E-state index in [4.69, 9.17) is 0 Å². The highest BCUT2D eigenvalue weighted by Crippen LogP contribution is 2.23. The van der Waals surface area contributed by atoms with Crippen LogP contribution < -0.4 is 10.6 Å². The number of piperidine rings is 1. The molecular weight excluding hydrogens is 240 g/mol. The Bertz CT molecular complexity index is 401. The van der Waals surface area contributed by atoms with Crippen LogP contribution in [0.2, 0.25) is 0 Å². The molecule has 0 aromatic heterocycles. The molecule has 0 aliphatic carbocycles. The number of hydrogen-bond acceptors (Lipinski definition) is 4. The van der Waals surface area contributed by atoms with E-state index in [0.717, 1.165) is 25.8 Å². The molecule has 17 heavy (non-hydrogen) atoms. The monoisotopic (exact) mass is 260 g/mol. The van der Waals surface area contributed by atoms with Gasteiger partial charge in [-0.1, -0.05) is 6.42 Å². The molecule has 2 saturated heterocycles. The maximum absolute atomic E-state index is 12.0. The van der Waals surface area contributed by atoms with Crippen molar-refractivity contribution in [2.45, 2.75) is 44.2 Å². The van der Waals surface area contributed by atoms with Crippen LogP contribution in [0.3, 0.4) is 0 Å². The van der Waals surface area contributed by atoms with Crippen LogP contribution in [-0.2, 0) is 14.6 Å². The van der Waals surface area contributed by atoms with Crippen LogP contribution in [0.5, 0.6) is 0 Å². The van der Waals surface area contributed by atoms with Crippen LogP contribution in [0.15, 0.2) is 0 Å². The van der Waals surface area contributed by atoms with E-state index < -0.39 is 15.4 Å². The number of rotatable bonds is 2. The standard InChI is InChI=1S/C11H20N2O3S/c1-11(5-7-17(15,16)8-11)13-10(14)9-4-2-3-6-12-9/h9,12H,2-8H2,1H3,(H,13,14)/t9-,11?/m0/s1. The van der Waals surface area contributed by atoms with Gasteiger partial charge in [0.15, 0.2) is 9.84 Å². The first-order valence-corrected chi connectivity index (χ1v) is 7.98. The Balaban J connectivity index is 1.94. The third-order valence-electron chi connectivity index (χ3n) is 3.56. The predicted molar refractivity (Wildman–Crippen MR) is 65.5 cm³/mol. The Kier molecular flexibility index (Phi) is 3.45. The first-order chi connectivity index (χ1) is 7.90. The molecule has 6 heteroatoms. The van der Waals surface area contributed by atoms with Gasteiger partial charge in [-0.2, -0.15) is 0 Å². The fourth-order valence-corrected chi connectivity index (χ4v) is 4.66. The molecular formula is C11H20N2O3S. The summed E-state index contributed by atoms with van der Waals surface area (Å²) in [6.07, 6.45) is 3.53. The van der Waals surface area contributed by atoms with Gasteiger partial charge in [0, 0.05) is 0 Å². The van der Waals surface area contributed by atoms with Gasteiger partial charge in [0.2, 0.25) is 5.91 Å².